The molecule has 1 aromatic heterocycles. The Morgan fingerprint density at radius 3 is 2.57 bits per heavy atom. The van der Waals surface area contributed by atoms with Gasteiger partial charge in [0.1, 0.15) is 0 Å². The van der Waals surface area contributed by atoms with E-state index in [2.05, 4.69) is 16.6 Å². The molecule has 1 heterocycles. The number of aliphatic imine (C=N–C) groups is 1. The Labute approximate surface area is 124 Å². The van der Waals surface area contributed by atoms with Crippen molar-refractivity contribution in [2.24, 2.45) is 4.99 Å². The zero-order valence-electron chi connectivity index (χ0n) is 12.5. The third-order valence-corrected chi connectivity index (χ3v) is 2.96. The van der Waals surface area contributed by atoms with E-state index >= 15 is 0 Å². The summed E-state index contributed by atoms with van der Waals surface area (Å²) in [7, 11) is 0. The molecule has 2 aromatic rings. The van der Waals surface area contributed by atoms with Crippen molar-refractivity contribution in [3.05, 3.63) is 65.9 Å². The van der Waals surface area contributed by atoms with Crippen molar-refractivity contribution < 1.29 is 4.39 Å². The topological polar surface area (TPSA) is 30.2 Å². The summed E-state index contributed by atoms with van der Waals surface area (Å²) >= 11 is 0. The van der Waals surface area contributed by atoms with Gasteiger partial charge in [-0.15, -0.1) is 0 Å². The summed E-state index contributed by atoms with van der Waals surface area (Å²) in [6, 6.07) is 9.91. The molecule has 4 heteroatoms. The molecule has 0 N–H and O–H groups in total. The first-order chi connectivity index (χ1) is 9.97. The van der Waals surface area contributed by atoms with E-state index in [0.29, 0.717) is 0 Å². The number of halogens is 1. The van der Waals surface area contributed by atoms with Gasteiger partial charge in [-0.2, -0.15) is 0 Å². The van der Waals surface area contributed by atoms with Gasteiger partial charge in [-0.3, -0.25) is 4.99 Å². The summed E-state index contributed by atoms with van der Waals surface area (Å²) in [5.74, 6) is -0.352. The van der Waals surface area contributed by atoms with Gasteiger partial charge in [-0.05, 0) is 26.3 Å². The number of aromatic nitrogens is 2. The summed E-state index contributed by atoms with van der Waals surface area (Å²) in [4.78, 5) is 8.63. The smallest absolute Gasteiger partial charge is 0.172 e. The van der Waals surface area contributed by atoms with Crippen LogP contribution in [0.3, 0.4) is 0 Å². The van der Waals surface area contributed by atoms with Gasteiger partial charge in [-0.1, -0.05) is 36.9 Å². The highest BCUT2D eigenvalue weighted by atomic mass is 19.1. The molecule has 0 aliphatic rings. The van der Waals surface area contributed by atoms with Crippen LogP contribution in [0.5, 0.6) is 0 Å². The van der Waals surface area contributed by atoms with Crippen LogP contribution in [0.15, 0.2) is 53.8 Å². The molecule has 1 aromatic carbocycles. The van der Waals surface area contributed by atoms with Crippen molar-refractivity contribution in [2.45, 2.75) is 20.8 Å². The lowest BCUT2D eigenvalue weighted by molar-refractivity contribution is 0.742. The fourth-order valence-corrected chi connectivity index (χ4v) is 2.05. The monoisotopic (exact) mass is 283 g/mol. The average Bonchev–Trinajstić information content (AvgIpc) is 2.80. The Kier molecular flexibility index (Phi) is 4.48. The maximum Gasteiger partial charge on any atom is 0.172 e. The van der Waals surface area contributed by atoms with Gasteiger partial charge in [0, 0.05) is 18.1 Å². The van der Waals surface area contributed by atoms with Gasteiger partial charge in [0.2, 0.25) is 0 Å². The van der Waals surface area contributed by atoms with Crippen LogP contribution in [0.25, 0.3) is 12.0 Å². The number of benzene rings is 1. The van der Waals surface area contributed by atoms with E-state index < -0.39 is 5.83 Å². The third kappa shape index (κ3) is 3.75. The molecule has 0 spiro atoms. The highest BCUT2D eigenvalue weighted by Crippen LogP contribution is 2.15. The third-order valence-electron chi connectivity index (χ3n) is 2.96. The van der Waals surface area contributed by atoms with Crippen LogP contribution in [0.1, 0.15) is 30.9 Å². The first-order valence-corrected chi connectivity index (χ1v) is 6.67. The molecule has 0 fully saturated rings. The van der Waals surface area contributed by atoms with Crippen LogP contribution in [0, 0.1) is 6.92 Å². The molecule has 2 rings (SSSR count). The number of imidazole rings is 1. The van der Waals surface area contributed by atoms with E-state index in [9.17, 15) is 4.39 Å². The Balaban J connectivity index is 2.32. The van der Waals surface area contributed by atoms with Crippen molar-refractivity contribution in [3.63, 3.8) is 0 Å². The predicted molar refractivity (Wildman–Crippen MR) is 85.7 cm³/mol. The summed E-state index contributed by atoms with van der Waals surface area (Å²) < 4.78 is 14.9. The molecule has 108 valence electrons. The van der Waals surface area contributed by atoms with Gasteiger partial charge in [-0.25, -0.2) is 9.37 Å². The minimum atomic E-state index is -0.559. The zero-order chi connectivity index (χ0) is 15.4. The number of rotatable bonds is 4. The summed E-state index contributed by atoms with van der Waals surface area (Å²) in [6.45, 7) is 8.92. The van der Waals surface area contributed by atoms with Gasteiger partial charge in [0.05, 0.1) is 11.4 Å². The standard InChI is InChI=1S/C17H18FN3/c1-12(19-15(4)16-8-6-5-7-9-16)10-21-11-13(2)20-17(21)14(3)18/h5-11H,3H2,1-2,4H3/b12-10+,19-15?. The van der Waals surface area contributed by atoms with E-state index in [1.54, 1.807) is 17.0 Å². The molecule has 21 heavy (non-hydrogen) atoms. The molecule has 0 aliphatic carbocycles. The lowest BCUT2D eigenvalue weighted by atomic mass is 10.1. The number of aryl methyl sites for hydroxylation is 1. The quantitative estimate of drug-likeness (QED) is 0.762. The zero-order valence-corrected chi connectivity index (χ0v) is 12.5. The molecule has 0 saturated heterocycles. The van der Waals surface area contributed by atoms with Crippen LogP contribution in [0.4, 0.5) is 4.39 Å². The highest BCUT2D eigenvalue weighted by molar-refractivity contribution is 5.99. The first kappa shape index (κ1) is 14.9. The Bertz CT molecular complexity index is 709. The van der Waals surface area contributed by atoms with Crippen molar-refractivity contribution in [3.8, 4) is 0 Å². The van der Waals surface area contributed by atoms with Gasteiger partial charge in [0.25, 0.3) is 0 Å². The first-order valence-electron chi connectivity index (χ1n) is 6.67. The summed E-state index contributed by atoms with van der Waals surface area (Å²) in [5.41, 5.74) is 3.46. The molecule has 0 radical (unpaired) electrons. The second-order valence-electron chi connectivity index (χ2n) is 4.85. The van der Waals surface area contributed by atoms with Crippen molar-refractivity contribution in [1.29, 1.82) is 0 Å². The van der Waals surface area contributed by atoms with E-state index in [-0.39, 0.29) is 5.82 Å². The lowest BCUT2D eigenvalue weighted by Gasteiger charge is -2.03. The van der Waals surface area contributed by atoms with E-state index in [1.807, 2.05) is 51.1 Å². The van der Waals surface area contributed by atoms with Gasteiger partial charge >= 0.3 is 0 Å². The fraction of sp³-hybridized carbons (Fsp3) is 0.176. The summed E-state index contributed by atoms with van der Waals surface area (Å²) in [5, 5.41) is 0. The number of hydrogen-bond acceptors (Lipinski definition) is 2. The van der Waals surface area contributed by atoms with E-state index in [1.165, 1.54) is 0 Å². The number of hydrogen-bond donors (Lipinski definition) is 0. The molecule has 0 aliphatic heterocycles. The molecule has 0 unspecified atom stereocenters. The molecule has 0 atom stereocenters. The maximum atomic E-state index is 13.3. The number of allylic oxidation sites excluding steroid dienone is 1. The van der Waals surface area contributed by atoms with E-state index in [0.717, 1.165) is 22.7 Å². The summed E-state index contributed by atoms with van der Waals surface area (Å²) in [6.07, 6.45) is 3.49. The van der Waals surface area contributed by atoms with Crippen LogP contribution in [-0.4, -0.2) is 15.3 Å². The van der Waals surface area contributed by atoms with Crippen molar-refractivity contribution >= 4 is 17.7 Å². The Morgan fingerprint density at radius 2 is 1.95 bits per heavy atom. The molecule has 0 amide bonds. The van der Waals surface area contributed by atoms with Crippen molar-refractivity contribution in [1.82, 2.24) is 9.55 Å². The molecule has 0 bridgehead atoms. The molecular weight excluding hydrogens is 265 g/mol. The second kappa shape index (κ2) is 6.31. The van der Waals surface area contributed by atoms with E-state index in [4.69, 9.17) is 0 Å². The normalized spacial score (nSPS) is 12.6. The minimum absolute atomic E-state index is 0.208. The van der Waals surface area contributed by atoms with Crippen molar-refractivity contribution in [2.75, 3.05) is 0 Å². The predicted octanol–water partition coefficient (Wildman–Crippen LogP) is 4.46. The SMILES string of the molecule is C=C(F)c1nc(C)cn1/C=C(\C)N=C(C)c1ccccc1. The Hall–Kier alpha value is -2.49. The fourth-order valence-electron chi connectivity index (χ4n) is 2.05. The molecule has 0 saturated carbocycles. The largest absolute Gasteiger partial charge is 0.303 e. The lowest BCUT2D eigenvalue weighted by Crippen LogP contribution is -1.96. The van der Waals surface area contributed by atoms with Crippen LogP contribution < -0.4 is 0 Å². The van der Waals surface area contributed by atoms with Gasteiger partial charge in [0.15, 0.2) is 11.7 Å². The number of nitrogens with zero attached hydrogens (tertiary/aromatic N) is 3. The van der Waals surface area contributed by atoms with Crippen LogP contribution in [0.2, 0.25) is 0 Å². The second-order valence-corrected chi connectivity index (χ2v) is 4.85. The highest BCUT2D eigenvalue weighted by Gasteiger charge is 2.07. The molecule has 3 nitrogen and oxygen atoms in total. The van der Waals surface area contributed by atoms with Crippen LogP contribution in [-0.2, 0) is 0 Å². The minimum Gasteiger partial charge on any atom is -0.303 e. The van der Waals surface area contributed by atoms with Gasteiger partial charge < -0.3 is 4.57 Å². The van der Waals surface area contributed by atoms with Crippen LogP contribution >= 0.6 is 0 Å². The maximum absolute atomic E-state index is 13.3. The Morgan fingerprint density at radius 1 is 1.29 bits per heavy atom. The average molecular weight is 283 g/mol. The molecular formula is C17H18FN3.